The maximum atomic E-state index is 5.48. The molecule has 0 atom stereocenters. The first-order valence-corrected chi connectivity index (χ1v) is 5.64. The lowest BCUT2D eigenvalue weighted by molar-refractivity contribution is 0.578. The van der Waals surface area contributed by atoms with Gasteiger partial charge in [-0.1, -0.05) is 12.8 Å². The SMILES string of the molecule is NCc1nccc(NCC2CCCC2)n1. The number of nitrogens with two attached hydrogens (primary N) is 1. The topological polar surface area (TPSA) is 63.8 Å². The summed E-state index contributed by atoms with van der Waals surface area (Å²) in [6, 6.07) is 1.90. The maximum absolute atomic E-state index is 5.48. The summed E-state index contributed by atoms with van der Waals surface area (Å²) in [5, 5.41) is 3.35. The molecule has 0 aromatic carbocycles. The first-order valence-electron chi connectivity index (χ1n) is 5.64. The van der Waals surface area contributed by atoms with Crippen molar-refractivity contribution in [1.29, 1.82) is 0 Å². The highest BCUT2D eigenvalue weighted by Gasteiger charge is 2.14. The number of nitrogens with one attached hydrogen (secondary N) is 1. The average Bonchev–Trinajstić information content (AvgIpc) is 2.79. The molecule has 2 rings (SSSR count). The molecule has 1 fully saturated rings. The maximum Gasteiger partial charge on any atom is 0.144 e. The summed E-state index contributed by atoms with van der Waals surface area (Å²) in [6.45, 7) is 1.43. The summed E-state index contributed by atoms with van der Waals surface area (Å²) in [6.07, 6.45) is 7.21. The number of nitrogens with zero attached hydrogens (tertiary/aromatic N) is 2. The Labute approximate surface area is 90.3 Å². The molecule has 1 aliphatic rings. The van der Waals surface area contributed by atoms with E-state index in [4.69, 9.17) is 5.73 Å². The van der Waals surface area contributed by atoms with Crippen LogP contribution in [0.3, 0.4) is 0 Å². The Morgan fingerprint density at radius 1 is 1.40 bits per heavy atom. The van der Waals surface area contributed by atoms with E-state index < -0.39 is 0 Å². The third-order valence-corrected chi connectivity index (χ3v) is 2.93. The molecule has 0 radical (unpaired) electrons. The molecule has 1 saturated carbocycles. The highest BCUT2D eigenvalue weighted by Crippen LogP contribution is 2.24. The Hall–Kier alpha value is -1.16. The number of hydrogen-bond donors (Lipinski definition) is 2. The van der Waals surface area contributed by atoms with Crippen molar-refractivity contribution in [3.05, 3.63) is 18.1 Å². The van der Waals surface area contributed by atoms with E-state index in [0.717, 1.165) is 18.3 Å². The molecule has 1 heterocycles. The Morgan fingerprint density at radius 2 is 2.20 bits per heavy atom. The second-order valence-electron chi connectivity index (χ2n) is 4.09. The largest absolute Gasteiger partial charge is 0.370 e. The average molecular weight is 206 g/mol. The van der Waals surface area contributed by atoms with Crippen molar-refractivity contribution in [2.75, 3.05) is 11.9 Å². The molecular formula is C11H18N4. The lowest BCUT2D eigenvalue weighted by Crippen LogP contribution is -2.13. The minimum Gasteiger partial charge on any atom is -0.370 e. The van der Waals surface area contributed by atoms with Crippen LogP contribution >= 0.6 is 0 Å². The van der Waals surface area contributed by atoms with Crippen LogP contribution in [0.15, 0.2) is 12.3 Å². The Morgan fingerprint density at radius 3 is 2.93 bits per heavy atom. The lowest BCUT2D eigenvalue weighted by Gasteiger charge is -2.11. The molecule has 4 heteroatoms. The highest BCUT2D eigenvalue weighted by atomic mass is 15.0. The molecule has 4 nitrogen and oxygen atoms in total. The van der Waals surface area contributed by atoms with Crippen LogP contribution in [0.4, 0.5) is 5.82 Å². The fraction of sp³-hybridized carbons (Fsp3) is 0.636. The van der Waals surface area contributed by atoms with E-state index in [1.165, 1.54) is 25.7 Å². The van der Waals surface area contributed by atoms with E-state index >= 15 is 0 Å². The number of hydrogen-bond acceptors (Lipinski definition) is 4. The summed E-state index contributed by atoms with van der Waals surface area (Å²) in [4.78, 5) is 8.37. The van der Waals surface area contributed by atoms with Gasteiger partial charge in [0, 0.05) is 12.7 Å². The third-order valence-electron chi connectivity index (χ3n) is 2.93. The van der Waals surface area contributed by atoms with Crippen molar-refractivity contribution in [2.24, 2.45) is 11.7 Å². The minimum atomic E-state index is 0.402. The van der Waals surface area contributed by atoms with Crippen LogP contribution < -0.4 is 11.1 Å². The second-order valence-corrected chi connectivity index (χ2v) is 4.09. The number of anilines is 1. The predicted octanol–water partition coefficient (Wildman–Crippen LogP) is 1.54. The molecule has 0 bridgehead atoms. The number of rotatable bonds is 4. The molecule has 0 aliphatic heterocycles. The zero-order chi connectivity index (χ0) is 10.5. The fourth-order valence-electron chi connectivity index (χ4n) is 2.06. The van der Waals surface area contributed by atoms with Crippen molar-refractivity contribution >= 4 is 5.82 Å². The van der Waals surface area contributed by atoms with Crippen molar-refractivity contribution in [1.82, 2.24) is 9.97 Å². The Bertz CT molecular complexity index is 307. The molecule has 3 N–H and O–H groups in total. The van der Waals surface area contributed by atoms with Crippen LogP contribution in [0.5, 0.6) is 0 Å². The fourth-order valence-corrected chi connectivity index (χ4v) is 2.06. The third kappa shape index (κ3) is 2.89. The van der Waals surface area contributed by atoms with Gasteiger partial charge < -0.3 is 11.1 Å². The Balaban J connectivity index is 1.86. The van der Waals surface area contributed by atoms with E-state index in [-0.39, 0.29) is 0 Å². The van der Waals surface area contributed by atoms with Crippen molar-refractivity contribution < 1.29 is 0 Å². The van der Waals surface area contributed by atoms with Gasteiger partial charge in [0.15, 0.2) is 0 Å². The van der Waals surface area contributed by atoms with E-state index in [9.17, 15) is 0 Å². The summed E-state index contributed by atoms with van der Waals surface area (Å²) in [5.41, 5.74) is 5.48. The van der Waals surface area contributed by atoms with Crippen LogP contribution in [0.1, 0.15) is 31.5 Å². The van der Waals surface area contributed by atoms with Crippen LogP contribution in [-0.2, 0) is 6.54 Å². The molecule has 0 spiro atoms. The van der Waals surface area contributed by atoms with Gasteiger partial charge in [-0.15, -0.1) is 0 Å². The quantitative estimate of drug-likeness (QED) is 0.784. The van der Waals surface area contributed by atoms with Gasteiger partial charge in [-0.3, -0.25) is 0 Å². The van der Waals surface area contributed by atoms with Crippen LogP contribution in [0, 0.1) is 5.92 Å². The minimum absolute atomic E-state index is 0.402. The zero-order valence-corrected chi connectivity index (χ0v) is 8.95. The van der Waals surface area contributed by atoms with E-state index in [0.29, 0.717) is 12.4 Å². The van der Waals surface area contributed by atoms with Crippen molar-refractivity contribution in [3.8, 4) is 0 Å². The van der Waals surface area contributed by atoms with E-state index in [1.807, 2.05) is 6.07 Å². The monoisotopic (exact) mass is 206 g/mol. The molecule has 82 valence electrons. The van der Waals surface area contributed by atoms with Crippen molar-refractivity contribution in [2.45, 2.75) is 32.2 Å². The Kier molecular flexibility index (Phi) is 3.50. The molecule has 0 amide bonds. The summed E-state index contributed by atoms with van der Waals surface area (Å²) in [5.74, 6) is 2.42. The first kappa shape index (κ1) is 10.4. The zero-order valence-electron chi connectivity index (χ0n) is 8.95. The van der Waals surface area contributed by atoms with Crippen LogP contribution in [0.25, 0.3) is 0 Å². The van der Waals surface area contributed by atoms with Crippen LogP contribution in [-0.4, -0.2) is 16.5 Å². The standard InChI is InChI=1S/C11H18N4/c12-7-11-13-6-5-10(15-11)14-8-9-3-1-2-4-9/h5-6,9H,1-4,7-8,12H2,(H,13,14,15). The van der Waals surface area contributed by atoms with Crippen molar-refractivity contribution in [3.63, 3.8) is 0 Å². The molecule has 1 aliphatic carbocycles. The summed E-state index contributed by atoms with van der Waals surface area (Å²) < 4.78 is 0. The van der Waals surface area contributed by atoms with Gasteiger partial charge in [-0.25, -0.2) is 9.97 Å². The van der Waals surface area contributed by atoms with Gasteiger partial charge >= 0.3 is 0 Å². The van der Waals surface area contributed by atoms with Gasteiger partial charge in [0.2, 0.25) is 0 Å². The van der Waals surface area contributed by atoms with Crippen LogP contribution in [0.2, 0.25) is 0 Å². The summed E-state index contributed by atoms with van der Waals surface area (Å²) in [7, 11) is 0. The lowest BCUT2D eigenvalue weighted by atomic mass is 10.1. The van der Waals surface area contributed by atoms with Gasteiger partial charge in [0.05, 0.1) is 6.54 Å². The molecule has 0 saturated heterocycles. The smallest absolute Gasteiger partial charge is 0.144 e. The summed E-state index contributed by atoms with van der Waals surface area (Å²) >= 11 is 0. The number of aromatic nitrogens is 2. The molecule has 1 aromatic heterocycles. The van der Waals surface area contributed by atoms with E-state index in [1.54, 1.807) is 6.20 Å². The molecule has 15 heavy (non-hydrogen) atoms. The first-order chi connectivity index (χ1) is 7.38. The normalized spacial score (nSPS) is 16.9. The van der Waals surface area contributed by atoms with Gasteiger partial charge in [-0.2, -0.15) is 0 Å². The molecule has 0 unspecified atom stereocenters. The molecule has 1 aromatic rings. The van der Waals surface area contributed by atoms with E-state index in [2.05, 4.69) is 15.3 Å². The molecular weight excluding hydrogens is 188 g/mol. The van der Waals surface area contributed by atoms with Gasteiger partial charge in [0.25, 0.3) is 0 Å². The van der Waals surface area contributed by atoms with Gasteiger partial charge in [-0.05, 0) is 24.8 Å². The second kappa shape index (κ2) is 5.07. The highest BCUT2D eigenvalue weighted by molar-refractivity contribution is 5.32. The predicted molar refractivity (Wildman–Crippen MR) is 60.4 cm³/mol. The van der Waals surface area contributed by atoms with Gasteiger partial charge in [0.1, 0.15) is 11.6 Å².